The fourth-order valence-corrected chi connectivity index (χ4v) is 2.61. The summed E-state index contributed by atoms with van der Waals surface area (Å²) in [6.07, 6.45) is 3.28. The monoisotopic (exact) mass is 300 g/mol. The molecule has 2 atom stereocenters. The molecule has 2 unspecified atom stereocenters. The van der Waals surface area contributed by atoms with Gasteiger partial charge in [0.25, 0.3) is 5.91 Å². The fraction of sp³-hybridized carbons (Fsp3) is 0.438. The Morgan fingerprint density at radius 1 is 1.32 bits per heavy atom. The van der Waals surface area contributed by atoms with Gasteiger partial charge in [-0.3, -0.25) is 4.79 Å². The van der Waals surface area contributed by atoms with E-state index in [1.165, 1.54) is 6.33 Å². The molecule has 1 fully saturated rings. The number of ether oxygens (including phenoxy) is 1. The molecule has 0 saturated carbocycles. The third-order valence-corrected chi connectivity index (χ3v) is 3.88. The lowest BCUT2D eigenvalue weighted by Gasteiger charge is -2.36. The predicted molar refractivity (Wildman–Crippen MR) is 81.5 cm³/mol. The van der Waals surface area contributed by atoms with E-state index in [2.05, 4.69) is 10.1 Å². The van der Waals surface area contributed by atoms with Gasteiger partial charge in [0, 0.05) is 12.1 Å². The quantitative estimate of drug-likeness (QED) is 0.863. The van der Waals surface area contributed by atoms with Crippen molar-refractivity contribution in [3.63, 3.8) is 0 Å². The van der Waals surface area contributed by atoms with Crippen molar-refractivity contribution in [3.8, 4) is 0 Å². The van der Waals surface area contributed by atoms with Gasteiger partial charge >= 0.3 is 0 Å². The van der Waals surface area contributed by atoms with Crippen LogP contribution < -0.4 is 0 Å². The predicted octanol–water partition coefficient (Wildman–Crippen LogP) is 1.58. The van der Waals surface area contributed by atoms with E-state index in [-0.39, 0.29) is 18.1 Å². The first kappa shape index (κ1) is 14.7. The van der Waals surface area contributed by atoms with E-state index in [0.717, 1.165) is 5.56 Å². The lowest BCUT2D eigenvalue weighted by molar-refractivity contribution is -0.0387. The molecule has 0 bridgehead atoms. The van der Waals surface area contributed by atoms with Crippen molar-refractivity contribution in [3.05, 3.63) is 48.0 Å². The third kappa shape index (κ3) is 3.17. The van der Waals surface area contributed by atoms with Gasteiger partial charge < -0.3 is 9.64 Å². The van der Waals surface area contributed by atoms with Crippen LogP contribution in [0.15, 0.2) is 36.9 Å². The van der Waals surface area contributed by atoms with Crippen LogP contribution in [-0.4, -0.2) is 50.9 Å². The molecule has 2 aromatic rings. The van der Waals surface area contributed by atoms with E-state index in [9.17, 15) is 4.79 Å². The van der Waals surface area contributed by atoms with Gasteiger partial charge in [0.1, 0.15) is 12.7 Å². The van der Waals surface area contributed by atoms with Crippen molar-refractivity contribution in [1.29, 1.82) is 0 Å². The maximum absolute atomic E-state index is 12.6. The maximum Gasteiger partial charge on any atom is 0.254 e. The van der Waals surface area contributed by atoms with Crippen LogP contribution in [0.5, 0.6) is 0 Å². The summed E-state index contributed by atoms with van der Waals surface area (Å²) in [7, 11) is 0. The molecule has 1 aromatic heterocycles. The van der Waals surface area contributed by atoms with Gasteiger partial charge in [0.05, 0.1) is 25.3 Å². The van der Waals surface area contributed by atoms with E-state index in [1.807, 2.05) is 43.0 Å². The Kier molecular flexibility index (Phi) is 4.20. The van der Waals surface area contributed by atoms with Crippen LogP contribution in [-0.2, 0) is 11.3 Å². The highest BCUT2D eigenvalue weighted by Gasteiger charge is 2.28. The average molecular weight is 300 g/mol. The Labute approximate surface area is 129 Å². The first-order chi connectivity index (χ1) is 10.6. The summed E-state index contributed by atoms with van der Waals surface area (Å²) >= 11 is 0. The number of aromatic nitrogens is 3. The summed E-state index contributed by atoms with van der Waals surface area (Å²) in [5, 5.41) is 4.08. The fourth-order valence-electron chi connectivity index (χ4n) is 2.61. The first-order valence-electron chi connectivity index (χ1n) is 7.47. The number of morpholine rings is 1. The SMILES string of the molecule is CC1CN(C(=O)c2ccc(Cn3cncn3)cc2)C(C)CO1. The number of hydrogen-bond acceptors (Lipinski definition) is 4. The molecule has 1 aliphatic heterocycles. The van der Waals surface area contributed by atoms with Crippen molar-refractivity contribution in [2.24, 2.45) is 0 Å². The Hall–Kier alpha value is -2.21. The van der Waals surface area contributed by atoms with Crippen LogP contribution in [0.3, 0.4) is 0 Å². The number of carbonyl (C=O) groups is 1. The summed E-state index contributed by atoms with van der Waals surface area (Å²) in [5.41, 5.74) is 1.80. The molecular weight excluding hydrogens is 280 g/mol. The van der Waals surface area contributed by atoms with Crippen molar-refractivity contribution < 1.29 is 9.53 Å². The molecular formula is C16H20N4O2. The number of hydrogen-bond donors (Lipinski definition) is 0. The Morgan fingerprint density at radius 3 is 2.77 bits per heavy atom. The summed E-state index contributed by atoms with van der Waals surface area (Å²) in [4.78, 5) is 18.4. The van der Waals surface area contributed by atoms with Gasteiger partial charge in [-0.2, -0.15) is 5.10 Å². The number of nitrogens with zero attached hydrogens (tertiary/aromatic N) is 4. The van der Waals surface area contributed by atoms with Crippen molar-refractivity contribution in [2.75, 3.05) is 13.2 Å². The van der Waals surface area contributed by atoms with Crippen molar-refractivity contribution in [1.82, 2.24) is 19.7 Å². The average Bonchev–Trinajstić information content (AvgIpc) is 3.03. The van der Waals surface area contributed by atoms with E-state index >= 15 is 0 Å². The topological polar surface area (TPSA) is 60.2 Å². The molecule has 2 heterocycles. The highest BCUT2D eigenvalue weighted by molar-refractivity contribution is 5.94. The van der Waals surface area contributed by atoms with Crippen LogP contribution in [0, 0.1) is 0 Å². The van der Waals surface area contributed by atoms with Crippen LogP contribution in [0.1, 0.15) is 29.8 Å². The molecule has 6 heteroatoms. The molecule has 0 aliphatic carbocycles. The zero-order chi connectivity index (χ0) is 15.5. The molecule has 1 aromatic carbocycles. The number of rotatable bonds is 3. The van der Waals surface area contributed by atoms with E-state index in [4.69, 9.17) is 4.74 Å². The zero-order valence-electron chi connectivity index (χ0n) is 12.8. The first-order valence-corrected chi connectivity index (χ1v) is 7.47. The summed E-state index contributed by atoms with van der Waals surface area (Å²) in [5.74, 6) is 0.0648. The zero-order valence-corrected chi connectivity index (χ0v) is 12.8. The molecule has 3 rings (SSSR count). The largest absolute Gasteiger partial charge is 0.375 e. The molecule has 116 valence electrons. The lowest BCUT2D eigenvalue weighted by atomic mass is 10.1. The minimum atomic E-state index is 0.0648. The van der Waals surface area contributed by atoms with E-state index in [1.54, 1.807) is 11.0 Å². The summed E-state index contributed by atoms with van der Waals surface area (Å²) < 4.78 is 7.33. The minimum absolute atomic E-state index is 0.0648. The highest BCUT2D eigenvalue weighted by Crippen LogP contribution is 2.16. The van der Waals surface area contributed by atoms with Crippen LogP contribution in [0.25, 0.3) is 0 Å². The van der Waals surface area contributed by atoms with Crippen LogP contribution >= 0.6 is 0 Å². The Balaban J connectivity index is 1.70. The van der Waals surface area contributed by atoms with Crippen LogP contribution in [0.2, 0.25) is 0 Å². The molecule has 0 radical (unpaired) electrons. The van der Waals surface area contributed by atoms with Gasteiger partial charge in [-0.15, -0.1) is 0 Å². The molecule has 1 aliphatic rings. The second-order valence-corrected chi connectivity index (χ2v) is 5.74. The lowest BCUT2D eigenvalue weighted by Crippen LogP contribution is -2.50. The molecule has 1 saturated heterocycles. The van der Waals surface area contributed by atoms with Gasteiger partial charge in [-0.05, 0) is 31.5 Å². The standard InChI is InChI=1S/C16H20N4O2/c1-12-9-22-13(2)7-20(12)16(21)15-5-3-14(4-6-15)8-19-11-17-10-18-19/h3-6,10-13H,7-9H2,1-2H3. The third-order valence-electron chi connectivity index (χ3n) is 3.88. The molecule has 6 nitrogen and oxygen atoms in total. The molecule has 1 amide bonds. The molecule has 0 N–H and O–H groups in total. The second kappa shape index (κ2) is 6.27. The Bertz CT molecular complexity index is 624. The minimum Gasteiger partial charge on any atom is -0.375 e. The number of amides is 1. The van der Waals surface area contributed by atoms with Gasteiger partial charge in [-0.1, -0.05) is 12.1 Å². The Morgan fingerprint density at radius 2 is 2.09 bits per heavy atom. The van der Waals surface area contributed by atoms with E-state index < -0.39 is 0 Å². The smallest absolute Gasteiger partial charge is 0.254 e. The maximum atomic E-state index is 12.6. The van der Waals surface area contributed by atoms with Crippen molar-refractivity contribution in [2.45, 2.75) is 32.5 Å². The van der Waals surface area contributed by atoms with Gasteiger partial charge in [0.2, 0.25) is 0 Å². The van der Waals surface area contributed by atoms with Gasteiger partial charge in [0.15, 0.2) is 0 Å². The van der Waals surface area contributed by atoms with Crippen molar-refractivity contribution >= 4 is 5.91 Å². The summed E-state index contributed by atoms with van der Waals surface area (Å²) in [6.45, 7) is 5.90. The normalized spacial score (nSPS) is 21.8. The molecule has 0 spiro atoms. The van der Waals surface area contributed by atoms with Gasteiger partial charge in [-0.25, -0.2) is 9.67 Å². The van der Waals surface area contributed by atoms with Crippen LogP contribution in [0.4, 0.5) is 0 Å². The molecule has 22 heavy (non-hydrogen) atoms. The summed E-state index contributed by atoms with van der Waals surface area (Å²) in [6, 6.07) is 7.79. The van der Waals surface area contributed by atoms with E-state index in [0.29, 0.717) is 25.3 Å². The second-order valence-electron chi connectivity index (χ2n) is 5.74. The number of carbonyl (C=O) groups excluding carboxylic acids is 1. The highest BCUT2D eigenvalue weighted by atomic mass is 16.5. The number of benzene rings is 1.